The molecule has 2 aromatic rings. The Morgan fingerprint density at radius 3 is 2.88 bits per heavy atom. The summed E-state index contributed by atoms with van der Waals surface area (Å²) >= 11 is 0. The lowest BCUT2D eigenvalue weighted by molar-refractivity contribution is 0.595. The number of fused-ring (bicyclic) bond motifs is 1. The first-order chi connectivity index (χ1) is 8.24. The minimum Gasteiger partial charge on any atom is -0.369 e. The van der Waals surface area contributed by atoms with Crippen molar-refractivity contribution in [2.45, 2.75) is 39.2 Å². The van der Waals surface area contributed by atoms with Gasteiger partial charge in [-0.1, -0.05) is 32.3 Å². The minimum absolute atomic E-state index is 0.304. The zero-order valence-corrected chi connectivity index (χ0v) is 10.1. The van der Waals surface area contributed by atoms with E-state index >= 15 is 0 Å². The van der Waals surface area contributed by atoms with Gasteiger partial charge in [0.05, 0.1) is 5.52 Å². The summed E-state index contributed by atoms with van der Waals surface area (Å²) in [6.45, 7) is 2.99. The molecule has 1 aromatic heterocycles. The lowest BCUT2D eigenvalue weighted by atomic mass is 10.2. The van der Waals surface area contributed by atoms with Crippen molar-refractivity contribution in [3.05, 3.63) is 24.0 Å². The van der Waals surface area contributed by atoms with Crippen molar-refractivity contribution in [1.29, 1.82) is 0 Å². The molecule has 1 heterocycles. The number of unbranched alkanes of at least 4 members (excludes halogenated alkanes) is 3. The molecule has 1 aromatic carbocycles. The van der Waals surface area contributed by atoms with E-state index in [4.69, 9.17) is 5.73 Å². The number of aromatic nitrogens is 2. The molecule has 0 saturated heterocycles. The predicted molar refractivity (Wildman–Crippen MR) is 68.2 cm³/mol. The number of hydrogen-bond acceptors (Lipinski definition) is 2. The second-order valence-corrected chi connectivity index (χ2v) is 4.29. The molecule has 0 radical (unpaired) electrons. The fraction of sp³-hybridized carbons (Fsp3) is 0.462. The highest BCUT2D eigenvalue weighted by Crippen LogP contribution is 2.21. The Labute approximate surface area is 100 Å². The molecule has 0 atom stereocenters. The fourth-order valence-electron chi connectivity index (χ4n) is 2.06. The molecule has 0 bridgehead atoms. The molecule has 0 aliphatic rings. The maximum Gasteiger partial charge on any atom is 0.201 e. The van der Waals surface area contributed by atoms with Crippen LogP contribution < -0.4 is 5.73 Å². The van der Waals surface area contributed by atoms with E-state index in [1.54, 1.807) is 6.07 Å². The van der Waals surface area contributed by atoms with E-state index in [1.165, 1.54) is 25.3 Å². The van der Waals surface area contributed by atoms with Gasteiger partial charge in [0.2, 0.25) is 5.95 Å². The van der Waals surface area contributed by atoms with E-state index in [1.807, 2.05) is 10.6 Å². The Kier molecular flexibility index (Phi) is 3.61. The van der Waals surface area contributed by atoms with Crippen molar-refractivity contribution in [2.24, 2.45) is 0 Å². The van der Waals surface area contributed by atoms with E-state index in [0.29, 0.717) is 11.5 Å². The highest BCUT2D eigenvalue weighted by atomic mass is 19.1. The third kappa shape index (κ3) is 2.40. The maximum atomic E-state index is 13.5. The average molecular weight is 235 g/mol. The molecule has 92 valence electrons. The van der Waals surface area contributed by atoms with Crippen LogP contribution in [0.5, 0.6) is 0 Å². The Balaban J connectivity index is 2.21. The zero-order valence-electron chi connectivity index (χ0n) is 10.1. The molecule has 0 amide bonds. The normalized spacial score (nSPS) is 11.2. The molecule has 0 saturated carbocycles. The van der Waals surface area contributed by atoms with Gasteiger partial charge in [-0.3, -0.25) is 0 Å². The molecule has 17 heavy (non-hydrogen) atoms. The van der Waals surface area contributed by atoms with Gasteiger partial charge in [0, 0.05) is 6.54 Å². The fourth-order valence-corrected chi connectivity index (χ4v) is 2.06. The van der Waals surface area contributed by atoms with E-state index in [2.05, 4.69) is 11.9 Å². The van der Waals surface area contributed by atoms with Crippen LogP contribution in [0.2, 0.25) is 0 Å². The molecule has 2 rings (SSSR count). The first kappa shape index (κ1) is 11.9. The number of nitrogens with two attached hydrogens (primary N) is 1. The van der Waals surface area contributed by atoms with E-state index in [-0.39, 0.29) is 5.82 Å². The number of rotatable bonds is 5. The summed E-state index contributed by atoms with van der Waals surface area (Å²) < 4.78 is 15.4. The third-order valence-corrected chi connectivity index (χ3v) is 2.99. The number of para-hydroxylation sites is 1. The quantitative estimate of drug-likeness (QED) is 0.808. The molecule has 4 heteroatoms. The van der Waals surface area contributed by atoms with Gasteiger partial charge in [-0.25, -0.2) is 9.37 Å². The van der Waals surface area contributed by atoms with Crippen LogP contribution in [-0.2, 0) is 6.54 Å². The second-order valence-electron chi connectivity index (χ2n) is 4.29. The van der Waals surface area contributed by atoms with Crippen molar-refractivity contribution in [3.8, 4) is 0 Å². The first-order valence-electron chi connectivity index (χ1n) is 6.14. The third-order valence-electron chi connectivity index (χ3n) is 2.99. The summed E-state index contributed by atoms with van der Waals surface area (Å²) in [5.41, 5.74) is 6.99. The molecule has 0 aliphatic heterocycles. The van der Waals surface area contributed by atoms with Gasteiger partial charge in [0.15, 0.2) is 5.82 Å². The largest absolute Gasteiger partial charge is 0.369 e. The predicted octanol–water partition coefficient (Wildman–Crippen LogP) is 3.34. The smallest absolute Gasteiger partial charge is 0.201 e. The number of imidazole rings is 1. The number of benzene rings is 1. The number of aryl methyl sites for hydroxylation is 1. The minimum atomic E-state index is -0.304. The number of hydrogen-bond donors (Lipinski definition) is 1. The van der Waals surface area contributed by atoms with Crippen LogP contribution in [0.15, 0.2) is 18.2 Å². The first-order valence-corrected chi connectivity index (χ1v) is 6.14. The summed E-state index contributed by atoms with van der Waals surface area (Å²) in [4.78, 5) is 4.08. The van der Waals surface area contributed by atoms with Gasteiger partial charge in [-0.15, -0.1) is 0 Å². The zero-order chi connectivity index (χ0) is 12.3. The molecule has 0 aliphatic carbocycles. The van der Waals surface area contributed by atoms with Crippen molar-refractivity contribution in [3.63, 3.8) is 0 Å². The molecular weight excluding hydrogens is 217 g/mol. The van der Waals surface area contributed by atoms with Crippen LogP contribution in [0.25, 0.3) is 11.0 Å². The van der Waals surface area contributed by atoms with Crippen LogP contribution in [0, 0.1) is 5.82 Å². The Morgan fingerprint density at radius 1 is 1.29 bits per heavy atom. The summed E-state index contributed by atoms with van der Waals surface area (Å²) in [7, 11) is 0. The van der Waals surface area contributed by atoms with Crippen molar-refractivity contribution >= 4 is 17.0 Å². The summed E-state index contributed by atoms with van der Waals surface area (Å²) in [5.74, 6) is 0.100. The van der Waals surface area contributed by atoms with Crippen LogP contribution in [0.4, 0.5) is 10.3 Å². The number of halogens is 1. The van der Waals surface area contributed by atoms with Crippen LogP contribution >= 0.6 is 0 Å². The van der Waals surface area contributed by atoms with Gasteiger partial charge in [-0.2, -0.15) is 0 Å². The maximum absolute atomic E-state index is 13.5. The van der Waals surface area contributed by atoms with Gasteiger partial charge in [-0.05, 0) is 18.6 Å². The highest BCUT2D eigenvalue weighted by molar-refractivity contribution is 5.78. The number of anilines is 1. The van der Waals surface area contributed by atoms with E-state index in [0.717, 1.165) is 18.5 Å². The molecule has 3 nitrogen and oxygen atoms in total. The Morgan fingerprint density at radius 2 is 2.12 bits per heavy atom. The molecule has 2 N–H and O–H groups in total. The average Bonchev–Trinajstić information content (AvgIpc) is 2.63. The second kappa shape index (κ2) is 5.17. The van der Waals surface area contributed by atoms with Crippen LogP contribution in [0.1, 0.15) is 32.6 Å². The standard InChI is InChI=1S/C13H18FN3/c1-2-3-4-5-9-17-11-8-6-7-10(14)12(11)16-13(17)15/h6-8H,2-5,9H2,1H3,(H2,15,16). The monoisotopic (exact) mass is 235 g/mol. The molecule has 0 unspecified atom stereocenters. The van der Waals surface area contributed by atoms with Crippen LogP contribution in [0.3, 0.4) is 0 Å². The van der Waals surface area contributed by atoms with Crippen molar-refractivity contribution in [2.75, 3.05) is 5.73 Å². The lowest BCUT2D eigenvalue weighted by Crippen LogP contribution is -2.03. The molecular formula is C13H18FN3. The summed E-state index contributed by atoms with van der Waals surface area (Å²) in [6.07, 6.45) is 4.65. The van der Waals surface area contributed by atoms with Crippen molar-refractivity contribution < 1.29 is 4.39 Å². The number of nitrogen functional groups attached to an aromatic ring is 1. The molecule has 0 spiro atoms. The summed E-state index contributed by atoms with van der Waals surface area (Å²) in [6, 6.07) is 4.97. The number of nitrogens with zero attached hydrogens (tertiary/aromatic N) is 2. The Bertz CT molecular complexity index is 505. The van der Waals surface area contributed by atoms with Gasteiger partial charge >= 0.3 is 0 Å². The molecule has 0 fully saturated rings. The van der Waals surface area contributed by atoms with Crippen LogP contribution in [-0.4, -0.2) is 9.55 Å². The topological polar surface area (TPSA) is 43.8 Å². The van der Waals surface area contributed by atoms with Crippen molar-refractivity contribution in [1.82, 2.24) is 9.55 Å². The van der Waals surface area contributed by atoms with E-state index in [9.17, 15) is 4.39 Å². The van der Waals surface area contributed by atoms with E-state index < -0.39 is 0 Å². The highest BCUT2D eigenvalue weighted by Gasteiger charge is 2.10. The lowest BCUT2D eigenvalue weighted by Gasteiger charge is -2.05. The summed E-state index contributed by atoms with van der Waals surface area (Å²) in [5, 5.41) is 0. The van der Waals surface area contributed by atoms with Gasteiger partial charge < -0.3 is 10.3 Å². The SMILES string of the molecule is CCCCCCn1c(N)nc2c(F)cccc21. The Hall–Kier alpha value is -1.58. The van der Waals surface area contributed by atoms with Gasteiger partial charge in [0.1, 0.15) is 5.52 Å². The van der Waals surface area contributed by atoms with Gasteiger partial charge in [0.25, 0.3) is 0 Å².